The highest BCUT2D eigenvalue weighted by atomic mass is 35.5. The van der Waals surface area contributed by atoms with Crippen molar-refractivity contribution in [1.82, 2.24) is 4.98 Å². The van der Waals surface area contributed by atoms with Crippen molar-refractivity contribution in [3.63, 3.8) is 0 Å². The Balaban J connectivity index is 3.06. The lowest BCUT2D eigenvalue weighted by Crippen LogP contribution is -2.11. The number of pyridine rings is 1. The summed E-state index contributed by atoms with van der Waals surface area (Å²) in [6.07, 6.45) is 0. The van der Waals surface area contributed by atoms with E-state index in [-0.39, 0.29) is 21.5 Å². The SMILES string of the molecule is O=C(O)c1cc(=O)[nH]c2c(F)ccc(Cl)c12. The third kappa shape index (κ3) is 1.55. The summed E-state index contributed by atoms with van der Waals surface area (Å²) in [6.45, 7) is 0. The summed E-state index contributed by atoms with van der Waals surface area (Å²) in [5.41, 5.74) is -1.20. The summed E-state index contributed by atoms with van der Waals surface area (Å²) in [7, 11) is 0. The smallest absolute Gasteiger partial charge is 0.336 e. The van der Waals surface area contributed by atoms with Crippen molar-refractivity contribution in [2.75, 3.05) is 0 Å². The second-order valence-electron chi connectivity index (χ2n) is 3.13. The minimum absolute atomic E-state index is 0.00577. The Morgan fingerprint density at radius 3 is 2.75 bits per heavy atom. The molecule has 82 valence electrons. The highest BCUT2D eigenvalue weighted by Gasteiger charge is 2.15. The average Bonchev–Trinajstić information content (AvgIpc) is 2.22. The zero-order valence-corrected chi connectivity index (χ0v) is 8.51. The van der Waals surface area contributed by atoms with Gasteiger partial charge in [-0.3, -0.25) is 4.79 Å². The molecule has 0 saturated carbocycles. The van der Waals surface area contributed by atoms with Crippen LogP contribution in [-0.4, -0.2) is 16.1 Å². The molecule has 4 nitrogen and oxygen atoms in total. The Labute approximate surface area is 93.3 Å². The molecular formula is C10H5ClFNO3. The summed E-state index contributed by atoms with van der Waals surface area (Å²) in [6, 6.07) is 3.17. The largest absolute Gasteiger partial charge is 0.478 e. The van der Waals surface area contributed by atoms with Crippen molar-refractivity contribution in [2.24, 2.45) is 0 Å². The minimum atomic E-state index is -1.33. The Kier molecular flexibility index (Phi) is 2.40. The van der Waals surface area contributed by atoms with Crippen LogP contribution < -0.4 is 5.56 Å². The van der Waals surface area contributed by atoms with E-state index in [1.807, 2.05) is 0 Å². The highest BCUT2D eigenvalue weighted by Crippen LogP contribution is 2.26. The first-order valence-corrected chi connectivity index (χ1v) is 4.63. The maximum absolute atomic E-state index is 13.4. The van der Waals surface area contributed by atoms with Gasteiger partial charge < -0.3 is 10.1 Å². The number of aromatic carboxylic acids is 1. The molecule has 0 aliphatic rings. The maximum Gasteiger partial charge on any atom is 0.336 e. The number of aromatic amines is 1. The van der Waals surface area contributed by atoms with Gasteiger partial charge in [0.2, 0.25) is 5.56 Å². The van der Waals surface area contributed by atoms with Crippen LogP contribution >= 0.6 is 11.6 Å². The standard InChI is InChI=1S/C10H5ClFNO3/c11-5-1-2-6(12)9-8(5)4(10(15)16)3-7(14)13-9/h1-3H,(H,13,14)(H,15,16). The van der Waals surface area contributed by atoms with E-state index < -0.39 is 17.3 Å². The fourth-order valence-corrected chi connectivity index (χ4v) is 1.73. The number of H-pyrrole nitrogens is 1. The van der Waals surface area contributed by atoms with Crippen LogP contribution in [0.3, 0.4) is 0 Å². The monoisotopic (exact) mass is 241 g/mol. The van der Waals surface area contributed by atoms with Crippen LogP contribution in [0.2, 0.25) is 5.02 Å². The molecule has 0 amide bonds. The van der Waals surface area contributed by atoms with Crippen molar-refractivity contribution in [1.29, 1.82) is 0 Å². The van der Waals surface area contributed by atoms with Gasteiger partial charge in [0.15, 0.2) is 0 Å². The predicted molar refractivity (Wildman–Crippen MR) is 56.5 cm³/mol. The third-order valence-electron chi connectivity index (χ3n) is 2.13. The molecule has 2 rings (SSSR count). The van der Waals surface area contributed by atoms with E-state index >= 15 is 0 Å². The zero-order valence-electron chi connectivity index (χ0n) is 7.75. The van der Waals surface area contributed by atoms with Crippen LogP contribution in [0.5, 0.6) is 0 Å². The van der Waals surface area contributed by atoms with Crippen LogP contribution in [0.4, 0.5) is 4.39 Å². The van der Waals surface area contributed by atoms with Gasteiger partial charge in [-0.25, -0.2) is 9.18 Å². The molecule has 0 fully saturated rings. The van der Waals surface area contributed by atoms with E-state index in [0.29, 0.717) is 0 Å². The number of aromatic nitrogens is 1. The number of benzene rings is 1. The van der Waals surface area contributed by atoms with Crippen molar-refractivity contribution in [2.45, 2.75) is 0 Å². The van der Waals surface area contributed by atoms with E-state index in [1.54, 1.807) is 0 Å². The Morgan fingerprint density at radius 1 is 1.44 bits per heavy atom. The van der Waals surface area contributed by atoms with Crippen molar-refractivity contribution >= 4 is 28.5 Å². The molecule has 6 heteroatoms. The van der Waals surface area contributed by atoms with Crippen LogP contribution in [0.1, 0.15) is 10.4 Å². The Morgan fingerprint density at radius 2 is 2.12 bits per heavy atom. The molecule has 0 aliphatic carbocycles. The van der Waals surface area contributed by atoms with Crippen molar-refractivity contribution in [3.05, 3.63) is 45.0 Å². The number of halogens is 2. The Bertz CT molecular complexity index is 650. The van der Waals surface area contributed by atoms with Gasteiger partial charge >= 0.3 is 5.97 Å². The molecule has 1 aromatic heterocycles. The van der Waals surface area contributed by atoms with Gasteiger partial charge in [-0.15, -0.1) is 0 Å². The first kappa shape index (κ1) is 10.6. The average molecular weight is 242 g/mol. The molecular weight excluding hydrogens is 237 g/mol. The van der Waals surface area contributed by atoms with Gasteiger partial charge in [0.1, 0.15) is 5.82 Å². The van der Waals surface area contributed by atoms with Crippen LogP contribution in [0.15, 0.2) is 23.0 Å². The predicted octanol–water partition coefficient (Wildman–Crippen LogP) is 2.02. The van der Waals surface area contributed by atoms with Crippen LogP contribution in [0.25, 0.3) is 10.9 Å². The number of carbonyl (C=O) groups is 1. The molecule has 0 aliphatic heterocycles. The molecule has 16 heavy (non-hydrogen) atoms. The number of fused-ring (bicyclic) bond motifs is 1. The van der Waals surface area contributed by atoms with Crippen LogP contribution in [-0.2, 0) is 0 Å². The number of rotatable bonds is 1. The minimum Gasteiger partial charge on any atom is -0.478 e. The third-order valence-corrected chi connectivity index (χ3v) is 2.44. The molecule has 0 radical (unpaired) electrons. The first-order valence-electron chi connectivity index (χ1n) is 4.25. The molecule has 0 atom stereocenters. The fourth-order valence-electron chi connectivity index (χ4n) is 1.47. The van der Waals surface area contributed by atoms with Gasteiger partial charge in [-0.2, -0.15) is 0 Å². The molecule has 0 saturated heterocycles. The second-order valence-corrected chi connectivity index (χ2v) is 3.54. The van der Waals surface area contributed by atoms with Gasteiger partial charge in [-0.1, -0.05) is 11.6 Å². The molecule has 0 spiro atoms. The zero-order chi connectivity index (χ0) is 11.9. The van der Waals surface area contributed by atoms with Gasteiger partial charge in [0.05, 0.1) is 16.1 Å². The lowest BCUT2D eigenvalue weighted by atomic mass is 10.1. The first-order chi connectivity index (χ1) is 7.50. The second kappa shape index (κ2) is 3.61. The lowest BCUT2D eigenvalue weighted by molar-refractivity contribution is 0.0699. The topological polar surface area (TPSA) is 70.2 Å². The molecule has 0 unspecified atom stereocenters. The summed E-state index contributed by atoms with van der Waals surface area (Å²) in [5, 5.41) is 8.96. The number of hydrogen-bond acceptors (Lipinski definition) is 2. The number of nitrogens with one attached hydrogen (secondary N) is 1. The van der Waals surface area contributed by atoms with Crippen molar-refractivity contribution in [3.8, 4) is 0 Å². The maximum atomic E-state index is 13.4. The molecule has 2 N–H and O–H groups in total. The summed E-state index contributed by atoms with van der Waals surface area (Å²) in [4.78, 5) is 24.3. The van der Waals surface area contributed by atoms with Crippen LogP contribution in [0, 0.1) is 5.82 Å². The molecule has 1 heterocycles. The van der Waals surface area contributed by atoms with E-state index in [4.69, 9.17) is 16.7 Å². The number of carboxylic acids is 1. The summed E-state index contributed by atoms with van der Waals surface area (Å²) < 4.78 is 13.4. The van der Waals surface area contributed by atoms with E-state index in [2.05, 4.69) is 4.98 Å². The van der Waals surface area contributed by atoms with E-state index in [9.17, 15) is 14.0 Å². The quantitative estimate of drug-likeness (QED) is 0.802. The van der Waals surface area contributed by atoms with Gasteiger partial charge in [0.25, 0.3) is 0 Å². The molecule has 2 aromatic rings. The van der Waals surface area contributed by atoms with Gasteiger partial charge in [-0.05, 0) is 12.1 Å². The Hall–Kier alpha value is -1.88. The number of hydrogen-bond donors (Lipinski definition) is 2. The molecule has 1 aromatic carbocycles. The normalized spacial score (nSPS) is 10.6. The lowest BCUT2D eigenvalue weighted by Gasteiger charge is -2.04. The van der Waals surface area contributed by atoms with Gasteiger partial charge in [0, 0.05) is 11.5 Å². The summed E-state index contributed by atoms with van der Waals surface area (Å²) in [5.74, 6) is -2.05. The van der Waals surface area contributed by atoms with E-state index in [0.717, 1.165) is 12.1 Å². The van der Waals surface area contributed by atoms with E-state index in [1.165, 1.54) is 6.07 Å². The highest BCUT2D eigenvalue weighted by molar-refractivity contribution is 6.36. The molecule has 0 bridgehead atoms. The number of carboxylic acid groups (broad SMARTS) is 1. The van der Waals surface area contributed by atoms with Crippen molar-refractivity contribution < 1.29 is 14.3 Å². The fraction of sp³-hybridized carbons (Fsp3) is 0. The summed E-state index contributed by atoms with van der Waals surface area (Å²) >= 11 is 5.78.